The van der Waals surface area contributed by atoms with E-state index in [0.717, 1.165) is 19.3 Å². The van der Waals surface area contributed by atoms with Crippen LogP contribution in [0.1, 0.15) is 43.5 Å². The van der Waals surface area contributed by atoms with Gasteiger partial charge >= 0.3 is 0 Å². The lowest BCUT2D eigenvalue weighted by Gasteiger charge is -2.29. The summed E-state index contributed by atoms with van der Waals surface area (Å²) in [6.07, 6.45) is 5.98. The Hall–Kier alpha value is -0.450. The molecule has 2 rings (SSSR count). The van der Waals surface area contributed by atoms with E-state index in [0.29, 0.717) is 12.1 Å². The van der Waals surface area contributed by atoms with E-state index >= 15 is 0 Å². The number of aromatic nitrogens is 1. The quantitative estimate of drug-likeness (QED) is 0.829. The van der Waals surface area contributed by atoms with E-state index in [1.54, 1.807) is 11.3 Å². The van der Waals surface area contributed by atoms with Crippen LogP contribution in [0.5, 0.6) is 0 Å². The molecule has 15 heavy (non-hydrogen) atoms. The number of aliphatic hydroxyl groups is 1. The molecular weight excluding hydrogens is 208 g/mol. The van der Waals surface area contributed by atoms with Gasteiger partial charge < -0.3 is 10.4 Å². The average Bonchev–Trinajstić information content (AvgIpc) is 2.70. The highest BCUT2D eigenvalue weighted by molar-refractivity contribution is 7.09. The van der Waals surface area contributed by atoms with Crippen molar-refractivity contribution in [3.8, 4) is 0 Å². The summed E-state index contributed by atoms with van der Waals surface area (Å²) in [4.78, 5) is 5.35. The van der Waals surface area contributed by atoms with E-state index in [9.17, 15) is 5.11 Å². The zero-order valence-electron chi connectivity index (χ0n) is 9.02. The van der Waals surface area contributed by atoms with Gasteiger partial charge in [0.15, 0.2) is 0 Å². The maximum atomic E-state index is 9.57. The Bertz CT molecular complexity index is 289. The Morgan fingerprint density at radius 3 is 3.13 bits per heavy atom. The van der Waals surface area contributed by atoms with Crippen molar-refractivity contribution in [2.45, 2.75) is 50.8 Å². The van der Waals surface area contributed by atoms with Crippen molar-refractivity contribution in [2.24, 2.45) is 0 Å². The van der Waals surface area contributed by atoms with Crippen LogP contribution in [0.15, 0.2) is 11.7 Å². The fourth-order valence-electron chi connectivity index (χ4n) is 2.19. The number of thiazole rings is 1. The first-order valence-electron chi connectivity index (χ1n) is 5.58. The summed E-state index contributed by atoms with van der Waals surface area (Å²) in [5.74, 6) is 0. The minimum Gasteiger partial charge on any atom is -0.393 e. The van der Waals surface area contributed by atoms with Crippen LogP contribution in [0, 0.1) is 0 Å². The van der Waals surface area contributed by atoms with Crippen LogP contribution in [0.25, 0.3) is 0 Å². The maximum absolute atomic E-state index is 9.57. The van der Waals surface area contributed by atoms with Crippen molar-refractivity contribution in [2.75, 3.05) is 0 Å². The molecule has 3 unspecified atom stereocenters. The molecule has 0 bridgehead atoms. The molecule has 1 saturated carbocycles. The second-order valence-corrected chi connectivity index (χ2v) is 5.23. The summed E-state index contributed by atoms with van der Waals surface area (Å²) in [7, 11) is 0. The minimum atomic E-state index is -0.107. The third-order valence-electron chi connectivity index (χ3n) is 3.01. The van der Waals surface area contributed by atoms with Crippen LogP contribution in [-0.2, 0) is 0 Å². The highest BCUT2D eigenvalue weighted by atomic mass is 32.1. The molecule has 0 aromatic carbocycles. The third kappa shape index (κ3) is 3.00. The maximum Gasteiger partial charge on any atom is 0.0794 e. The van der Waals surface area contributed by atoms with E-state index in [4.69, 9.17) is 0 Å². The van der Waals surface area contributed by atoms with Gasteiger partial charge in [-0.1, -0.05) is 0 Å². The highest BCUT2D eigenvalue weighted by Gasteiger charge is 2.21. The summed E-state index contributed by atoms with van der Waals surface area (Å²) in [6.45, 7) is 2.16. The molecule has 1 aliphatic rings. The van der Waals surface area contributed by atoms with Crippen LogP contribution >= 0.6 is 11.3 Å². The molecule has 0 aliphatic heterocycles. The van der Waals surface area contributed by atoms with Gasteiger partial charge in [0.1, 0.15) is 0 Å². The van der Waals surface area contributed by atoms with E-state index in [2.05, 4.69) is 17.2 Å². The van der Waals surface area contributed by atoms with Gasteiger partial charge in [0.25, 0.3) is 0 Å². The second-order valence-electron chi connectivity index (χ2n) is 4.31. The van der Waals surface area contributed by atoms with E-state index < -0.39 is 0 Å². The van der Waals surface area contributed by atoms with Crippen LogP contribution in [0.3, 0.4) is 0 Å². The molecule has 1 aliphatic carbocycles. The van der Waals surface area contributed by atoms with E-state index in [1.807, 2.05) is 11.7 Å². The summed E-state index contributed by atoms with van der Waals surface area (Å²) >= 11 is 1.68. The average molecular weight is 226 g/mol. The Balaban J connectivity index is 1.86. The molecule has 0 saturated heterocycles. The SMILES string of the molecule is CC(NC1CCCC(O)C1)c1cncs1. The van der Waals surface area contributed by atoms with Gasteiger partial charge in [-0.15, -0.1) is 11.3 Å². The summed E-state index contributed by atoms with van der Waals surface area (Å²) < 4.78 is 0. The molecule has 0 spiro atoms. The first-order valence-corrected chi connectivity index (χ1v) is 6.46. The van der Waals surface area contributed by atoms with Gasteiger partial charge in [-0.3, -0.25) is 4.98 Å². The lowest BCUT2D eigenvalue weighted by Crippen LogP contribution is -2.37. The van der Waals surface area contributed by atoms with Crippen molar-refractivity contribution in [1.82, 2.24) is 10.3 Å². The molecule has 3 atom stereocenters. The third-order valence-corrected chi connectivity index (χ3v) is 3.97. The first kappa shape index (κ1) is 11.0. The molecule has 1 fully saturated rings. The summed E-state index contributed by atoms with van der Waals surface area (Å²) in [5.41, 5.74) is 1.86. The lowest BCUT2D eigenvalue weighted by molar-refractivity contribution is 0.109. The number of hydrogen-bond donors (Lipinski definition) is 2. The molecule has 0 radical (unpaired) electrons. The van der Waals surface area contributed by atoms with Crippen molar-refractivity contribution in [1.29, 1.82) is 0 Å². The highest BCUT2D eigenvalue weighted by Crippen LogP contribution is 2.23. The van der Waals surface area contributed by atoms with Crippen LogP contribution in [0.2, 0.25) is 0 Å². The molecule has 2 N–H and O–H groups in total. The first-order chi connectivity index (χ1) is 7.25. The standard InChI is InChI=1S/C11H18N2OS/c1-8(11-6-12-7-15-11)13-9-3-2-4-10(14)5-9/h6-10,13-14H,2-5H2,1H3. The van der Waals surface area contributed by atoms with Crippen LogP contribution in [0.4, 0.5) is 0 Å². The molecule has 1 aromatic heterocycles. The Morgan fingerprint density at radius 2 is 2.47 bits per heavy atom. The predicted octanol–water partition coefficient (Wildman–Crippen LogP) is 2.10. The summed E-state index contributed by atoms with van der Waals surface area (Å²) in [5, 5.41) is 13.1. The molecule has 4 heteroatoms. The second kappa shape index (κ2) is 5.05. The molecule has 1 aromatic rings. The van der Waals surface area contributed by atoms with Gasteiger partial charge in [-0.2, -0.15) is 0 Å². The van der Waals surface area contributed by atoms with E-state index in [1.165, 1.54) is 11.3 Å². The Labute approximate surface area is 94.5 Å². The largest absolute Gasteiger partial charge is 0.393 e. The number of rotatable bonds is 3. The van der Waals surface area contributed by atoms with Crippen molar-refractivity contribution in [3.05, 3.63) is 16.6 Å². The number of nitrogens with one attached hydrogen (secondary N) is 1. The van der Waals surface area contributed by atoms with E-state index in [-0.39, 0.29) is 6.10 Å². The smallest absolute Gasteiger partial charge is 0.0794 e. The van der Waals surface area contributed by atoms with Gasteiger partial charge in [0.05, 0.1) is 11.6 Å². The zero-order valence-corrected chi connectivity index (χ0v) is 9.83. The topological polar surface area (TPSA) is 45.1 Å². The fraction of sp³-hybridized carbons (Fsp3) is 0.727. The minimum absolute atomic E-state index is 0.107. The predicted molar refractivity (Wildman–Crippen MR) is 61.9 cm³/mol. The zero-order chi connectivity index (χ0) is 10.7. The summed E-state index contributed by atoms with van der Waals surface area (Å²) in [6, 6.07) is 0.818. The molecule has 0 amide bonds. The molecule has 1 heterocycles. The number of nitrogens with zero attached hydrogens (tertiary/aromatic N) is 1. The molecule has 3 nitrogen and oxygen atoms in total. The van der Waals surface area contributed by atoms with Crippen molar-refractivity contribution >= 4 is 11.3 Å². The van der Waals surface area contributed by atoms with Gasteiger partial charge in [-0.05, 0) is 32.6 Å². The van der Waals surface area contributed by atoms with Crippen molar-refractivity contribution < 1.29 is 5.11 Å². The Kier molecular flexibility index (Phi) is 3.72. The Morgan fingerprint density at radius 1 is 1.60 bits per heavy atom. The van der Waals surface area contributed by atoms with Crippen LogP contribution < -0.4 is 5.32 Å². The normalized spacial score (nSPS) is 28.9. The molecular formula is C11H18N2OS. The number of hydrogen-bond acceptors (Lipinski definition) is 4. The number of aliphatic hydroxyl groups excluding tert-OH is 1. The monoisotopic (exact) mass is 226 g/mol. The molecule has 84 valence electrons. The van der Waals surface area contributed by atoms with Gasteiger partial charge in [0.2, 0.25) is 0 Å². The fourth-order valence-corrected chi connectivity index (χ4v) is 2.83. The van der Waals surface area contributed by atoms with Crippen molar-refractivity contribution in [3.63, 3.8) is 0 Å². The van der Waals surface area contributed by atoms with Gasteiger partial charge in [-0.25, -0.2) is 0 Å². The van der Waals surface area contributed by atoms with Gasteiger partial charge in [0, 0.05) is 23.2 Å². The van der Waals surface area contributed by atoms with Crippen LogP contribution in [-0.4, -0.2) is 22.2 Å². The lowest BCUT2D eigenvalue weighted by atomic mass is 9.92.